The van der Waals surface area contributed by atoms with E-state index in [1.54, 1.807) is 16.9 Å². The van der Waals surface area contributed by atoms with Crippen LogP contribution in [0.15, 0.2) is 0 Å². The van der Waals surface area contributed by atoms with E-state index in [9.17, 15) is 14.4 Å². The average molecular weight is 300 g/mol. The first-order valence-corrected chi connectivity index (χ1v) is 7.15. The molecule has 0 saturated carbocycles. The molecular weight excluding hydrogens is 276 g/mol. The van der Waals surface area contributed by atoms with Crippen LogP contribution in [0.2, 0.25) is 0 Å². The molecule has 0 radical (unpaired) electrons. The molecule has 7 nitrogen and oxygen atoms in total. The third-order valence-electron chi connectivity index (χ3n) is 3.60. The van der Waals surface area contributed by atoms with Crippen molar-refractivity contribution in [2.24, 2.45) is 5.92 Å². The van der Waals surface area contributed by atoms with E-state index in [4.69, 9.17) is 9.84 Å². The van der Waals surface area contributed by atoms with Crippen LogP contribution in [0, 0.1) is 5.92 Å². The van der Waals surface area contributed by atoms with Gasteiger partial charge >= 0.3 is 5.97 Å². The lowest BCUT2D eigenvalue weighted by molar-refractivity contribution is -0.141. The molecule has 0 aliphatic carbocycles. The summed E-state index contributed by atoms with van der Waals surface area (Å²) in [6, 6.07) is -0.0834. The number of carboxylic acid groups (broad SMARTS) is 1. The maximum absolute atomic E-state index is 12.5. The standard InChI is InChI=1S/C14H24N2O5/c1-10(2)16(5-4-13(18)19)14(20)11-8-12(17)15(9-11)6-7-21-3/h10-11H,4-9H2,1-3H3,(H,18,19). The number of methoxy groups -OCH3 is 1. The number of carbonyl (C=O) groups is 3. The molecule has 21 heavy (non-hydrogen) atoms. The second-order valence-electron chi connectivity index (χ2n) is 5.50. The summed E-state index contributed by atoms with van der Waals surface area (Å²) < 4.78 is 4.94. The van der Waals surface area contributed by atoms with E-state index in [1.165, 1.54) is 0 Å². The Balaban J connectivity index is 2.63. The Hall–Kier alpha value is -1.63. The summed E-state index contributed by atoms with van der Waals surface area (Å²) in [5.41, 5.74) is 0. The number of amides is 2. The Kier molecular flexibility index (Phi) is 6.61. The SMILES string of the molecule is COCCN1CC(C(=O)N(CCC(=O)O)C(C)C)CC1=O. The van der Waals surface area contributed by atoms with Gasteiger partial charge in [0.05, 0.1) is 18.9 Å². The van der Waals surface area contributed by atoms with Gasteiger partial charge < -0.3 is 19.6 Å². The van der Waals surface area contributed by atoms with Crippen molar-refractivity contribution in [1.82, 2.24) is 9.80 Å². The zero-order valence-corrected chi connectivity index (χ0v) is 12.9. The van der Waals surface area contributed by atoms with Gasteiger partial charge in [-0.1, -0.05) is 0 Å². The smallest absolute Gasteiger partial charge is 0.305 e. The lowest BCUT2D eigenvalue weighted by Crippen LogP contribution is -2.43. The van der Waals surface area contributed by atoms with E-state index in [2.05, 4.69) is 0 Å². The molecule has 1 aliphatic rings. The van der Waals surface area contributed by atoms with E-state index in [1.807, 2.05) is 13.8 Å². The van der Waals surface area contributed by atoms with Gasteiger partial charge in [0.1, 0.15) is 0 Å². The predicted octanol–water partition coefficient (Wildman–Crippen LogP) is 0.193. The lowest BCUT2D eigenvalue weighted by Gasteiger charge is -2.28. The average Bonchev–Trinajstić information content (AvgIpc) is 2.77. The molecule has 0 bridgehead atoms. The van der Waals surface area contributed by atoms with Crippen molar-refractivity contribution in [3.63, 3.8) is 0 Å². The molecular formula is C14H24N2O5. The monoisotopic (exact) mass is 300 g/mol. The van der Waals surface area contributed by atoms with Crippen molar-refractivity contribution < 1.29 is 24.2 Å². The van der Waals surface area contributed by atoms with E-state index >= 15 is 0 Å². The van der Waals surface area contributed by atoms with E-state index in [0.29, 0.717) is 19.7 Å². The van der Waals surface area contributed by atoms with Gasteiger partial charge in [0.25, 0.3) is 0 Å². The van der Waals surface area contributed by atoms with Gasteiger partial charge in [0.2, 0.25) is 11.8 Å². The van der Waals surface area contributed by atoms with Crippen molar-refractivity contribution in [3.05, 3.63) is 0 Å². The molecule has 2 amide bonds. The van der Waals surface area contributed by atoms with E-state index < -0.39 is 5.97 Å². The highest BCUT2D eigenvalue weighted by molar-refractivity contribution is 5.89. The zero-order valence-electron chi connectivity index (χ0n) is 12.9. The van der Waals surface area contributed by atoms with Crippen LogP contribution < -0.4 is 0 Å². The quantitative estimate of drug-likeness (QED) is 0.691. The van der Waals surface area contributed by atoms with Gasteiger partial charge in [0.15, 0.2) is 0 Å². The Bertz CT molecular complexity index is 397. The van der Waals surface area contributed by atoms with Crippen LogP contribution >= 0.6 is 0 Å². The Morgan fingerprint density at radius 2 is 2.14 bits per heavy atom. The summed E-state index contributed by atoms with van der Waals surface area (Å²) in [6.45, 7) is 5.18. The molecule has 1 aliphatic heterocycles. The first-order valence-electron chi connectivity index (χ1n) is 7.15. The first kappa shape index (κ1) is 17.4. The molecule has 0 aromatic heterocycles. The summed E-state index contributed by atoms with van der Waals surface area (Å²) in [7, 11) is 1.57. The Morgan fingerprint density at radius 1 is 1.48 bits per heavy atom. The summed E-state index contributed by atoms with van der Waals surface area (Å²) in [4.78, 5) is 38.2. The Labute approximate surface area is 124 Å². The zero-order chi connectivity index (χ0) is 16.0. The van der Waals surface area contributed by atoms with Gasteiger partial charge in [-0.2, -0.15) is 0 Å². The number of likely N-dealkylation sites (tertiary alicyclic amines) is 1. The van der Waals surface area contributed by atoms with Crippen molar-refractivity contribution in [2.75, 3.05) is 33.4 Å². The lowest BCUT2D eigenvalue weighted by atomic mass is 10.1. The van der Waals surface area contributed by atoms with Crippen LogP contribution in [0.1, 0.15) is 26.7 Å². The minimum absolute atomic E-state index is 0.0488. The molecule has 1 N–H and O–H groups in total. The van der Waals surface area contributed by atoms with Gasteiger partial charge in [-0.15, -0.1) is 0 Å². The number of hydrogen-bond acceptors (Lipinski definition) is 4. The number of carbonyl (C=O) groups excluding carboxylic acids is 2. The molecule has 0 spiro atoms. The largest absolute Gasteiger partial charge is 0.481 e. The molecule has 0 aromatic carbocycles. The first-order chi connectivity index (χ1) is 9.86. The maximum atomic E-state index is 12.5. The second-order valence-corrected chi connectivity index (χ2v) is 5.50. The van der Waals surface area contributed by atoms with Crippen LogP contribution in [-0.2, 0) is 19.1 Å². The number of rotatable bonds is 8. The molecule has 120 valence electrons. The van der Waals surface area contributed by atoms with Gasteiger partial charge in [-0.25, -0.2) is 0 Å². The maximum Gasteiger partial charge on any atom is 0.305 e. The summed E-state index contributed by atoms with van der Waals surface area (Å²) in [5, 5.41) is 8.76. The van der Waals surface area contributed by atoms with Crippen LogP contribution in [0.25, 0.3) is 0 Å². The van der Waals surface area contributed by atoms with Crippen LogP contribution in [0.4, 0.5) is 0 Å². The van der Waals surface area contributed by atoms with Crippen molar-refractivity contribution in [1.29, 1.82) is 0 Å². The number of ether oxygens (including phenoxy) is 1. The number of carboxylic acids is 1. The summed E-state index contributed by atoms with van der Waals surface area (Å²) in [6.07, 6.45) is 0.108. The highest BCUT2D eigenvalue weighted by Gasteiger charge is 2.36. The predicted molar refractivity (Wildman–Crippen MR) is 75.7 cm³/mol. The number of aliphatic carboxylic acids is 1. The van der Waals surface area contributed by atoms with Crippen LogP contribution in [0.3, 0.4) is 0 Å². The molecule has 0 aromatic rings. The van der Waals surface area contributed by atoms with Crippen molar-refractivity contribution in [2.45, 2.75) is 32.7 Å². The molecule has 1 heterocycles. The number of hydrogen-bond donors (Lipinski definition) is 1. The normalized spacial score (nSPS) is 18.4. The van der Waals surface area contributed by atoms with Crippen LogP contribution in [0.5, 0.6) is 0 Å². The molecule has 7 heteroatoms. The number of nitrogens with zero attached hydrogens (tertiary/aromatic N) is 2. The van der Waals surface area contributed by atoms with Crippen LogP contribution in [-0.4, -0.2) is 72.1 Å². The molecule has 1 atom stereocenters. The highest BCUT2D eigenvalue weighted by atomic mass is 16.5. The fourth-order valence-corrected chi connectivity index (χ4v) is 2.43. The van der Waals surface area contributed by atoms with Crippen molar-refractivity contribution in [3.8, 4) is 0 Å². The topological polar surface area (TPSA) is 87.2 Å². The third-order valence-corrected chi connectivity index (χ3v) is 3.60. The molecule has 1 rings (SSSR count). The summed E-state index contributed by atoms with van der Waals surface area (Å²) in [5.74, 6) is -1.50. The van der Waals surface area contributed by atoms with E-state index in [0.717, 1.165) is 0 Å². The third kappa shape index (κ3) is 5.00. The summed E-state index contributed by atoms with van der Waals surface area (Å²) >= 11 is 0. The van der Waals surface area contributed by atoms with Crippen molar-refractivity contribution >= 4 is 17.8 Å². The second kappa shape index (κ2) is 7.97. The van der Waals surface area contributed by atoms with Gasteiger partial charge in [-0.05, 0) is 13.8 Å². The molecule has 1 unspecified atom stereocenters. The Morgan fingerprint density at radius 3 is 2.67 bits per heavy atom. The highest BCUT2D eigenvalue weighted by Crippen LogP contribution is 2.21. The van der Waals surface area contributed by atoms with Gasteiger partial charge in [-0.3, -0.25) is 14.4 Å². The molecule has 1 fully saturated rings. The minimum Gasteiger partial charge on any atom is -0.481 e. The fraction of sp³-hybridized carbons (Fsp3) is 0.786. The fourth-order valence-electron chi connectivity index (χ4n) is 2.43. The van der Waals surface area contributed by atoms with E-state index in [-0.39, 0.29) is 43.2 Å². The minimum atomic E-state index is -0.933. The van der Waals surface area contributed by atoms with Gasteiger partial charge in [0, 0.05) is 39.2 Å². The molecule has 1 saturated heterocycles.